The van der Waals surface area contributed by atoms with Crippen molar-refractivity contribution in [3.8, 4) is 11.3 Å². The summed E-state index contributed by atoms with van der Waals surface area (Å²) in [5.41, 5.74) is 4.94. The van der Waals surface area contributed by atoms with E-state index in [1.54, 1.807) is 0 Å². The van der Waals surface area contributed by atoms with Crippen LogP contribution in [0.4, 0.5) is 5.82 Å². The van der Waals surface area contributed by atoms with E-state index in [0.717, 1.165) is 22.3 Å². The highest BCUT2D eigenvalue weighted by Gasteiger charge is 2.19. The lowest BCUT2D eigenvalue weighted by Crippen LogP contribution is -1.97. The highest BCUT2D eigenvalue weighted by atomic mass is 16.4. The van der Waals surface area contributed by atoms with E-state index in [1.807, 2.05) is 32.9 Å². The van der Waals surface area contributed by atoms with E-state index in [-0.39, 0.29) is 11.4 Å². The minimum absolute atomic E-state index is 0.115. The normalized spacial score (nSPS) is 10.9. The Morgan fingerprint density at radius 3 is 2.39 bits per heavy atom. The van der Waals surface area contributed by atoms with Gasteiger partial charge >= 0.3 is 5.97 Å². The van der Waals surface area contributed by atoms with E-state index in [1.165, 1.54) is 22.7 Å². The lowest BCUT2D eigenvalue weighted by atomic mass is 9.97. The van der Waals surface area contributed by atoms with Gasteiger partial charge in [-0.1, -0.05) is 17.7 Å². The Labute approximate surface area is 132 Å². The summed E-state index contributed by atoms with van der Waals surface area (Å²) in [4.78, 5) is 26.9. The van der Waals surface area contributed by atoms with Crippen LogP contribution in [0.2, 0.25) is 0 Å². The van der Waals surface area contributed by atoms with Gasteiger partial charge in [0.2, 0.25) is 5.82 Å². The van der Waals surface area contributed by atoms with Crippen molar-refractivity contribution in [2.75, 3.05) is 0 Å². The zero-order valence-electron chi connectivity index (χ0n) is 13.0. The van der Waals surface area contributed by atoms with Crippen molar-refractivity contribution < 1.29 is 9.90 Å². The molecule has 6 heteroatoms. The van der Waals surface area contributed by atoms with E-state index < -0.39 is 5.97 Å². The van der Waals surface area contributed by atoms with Crippen LogP contribution in [-0.4, -0.2) is 20.5 Å². The molecule has 0 bridgehead atoms. The molecule has 6 nitrogen and oxygen atoms in total. The average molecular weight is 309 g/mol. The number of fused-ring (bicyclic) bond motifs is 1. The zero-order chi connectivity index (χ0) is 16.7. The molecule has 3 aromatic rings. The first-order valence-corrected chi connectivity index (χ1v) is 7.09. The Morgan fingerprint density at radius 2 is 1.83 bits per heavy atom. The summed E-state index contributed by atoms with van der Waals surface area (Å²) in [6, 6.07) is 6.89. The van der Waals surface area contributed by atoms with Crippen LogP contribution in [0.1, 0.15) is 27.0 Å². The van der Waals surface area contributed by atoms with Crippen LogP contribution in [0, 0.1) is 25.7 Å². The molecule has 0 fully saturated rings. The first-order valence-electron chi connectivity index (χ1n) is 7.09. The predicted molar refractivity (Wildman–Crippen MR) is 87.3 cm³/mol. The van der Waals surface area contributed by atoms with Gasteiger partial charge in [-0.15, -0.1) is 4.91 Å². The summed E-state index contributed by atoms with van der Waals surface area (Å²) in [5.74, 6) is -0.868. The molecule has 0 amide bonds. The summed E-state index contributed by atoms with van der Waals surface area (Å²) < 4.78 is 1.51. The molecule has 0 radical (unpaired) electrons. The van der Waals surface area contributed by atoms with Crippen LogP contribution in [0.5, 0.6) is 0 Å². The van der Waals surface area contributed by atoms with Crippen LogP contribution >= 0.6 is 0 Å². The van der Waals surface area contributed by atoms with Crippen LogP contribution in [0.3, 0.4) is 0 Å². The Balaban J connectivity index is 2.34. The lowest BCUT2D eigenvalue weighted by Gasteiger charge is -2.09. The molecule has 1 aromatic carbocycles. The fourth-order valence-corrected chi connectivity index (χ4v) is 2.97. The quantitative estimate of drug-likeness (QED) is 0.740. The molecular formula is C17H15N3O3. The molecule has 0 spiro atoms. The molecule has 2 aromatic heterocycles. The van der Waals surface area contributed by atoms with E-state index in [2.05, 4.69) is 10.2 Å². The number of nitroso groups, excluding NO2 is 1. The van der Waals surface area contributed by atoms with Crippen LogP contribution in [0.25, 0.3) is 16.9 Å². The third-order valence-electron chi connectivity index (χ3n) is 3.85. The minimum Gasteiger partial charge on any atom is -0.478 e. The Bertz CT molecular complexity index is 934. The van der Waals surface area contributed by atoms with Crippen molar-refractivity contribution in [3.05, 3.63) is 57.6 Å². The molecule has 0 aliphatic carbocycles. The van der Waals surface area contributed by atoms with Gasteiger partial charge in [-0.3, -0.25) is 4.40 Å². The van der Waals surface area contributed by atoms with Gasteiger partial charge < -0.3 is 5.11 Å². The molecule has 0 atom stereocenters. The monoisotopic (exact) mass is 309 g/mol. The number of nitrogens with zero attached hydrogens (tertiary/aromatic N) is 3. The van der Waals surface area contributed by atoms with Crippen molar-refractivity contribution in [1.82, 2.24) is 9.38 Å². The summed E-state index contributed by atoms with van der Waals surface area (Å²) in [6.07, 6.45) is 1.50. The van der Waals surface area contributed by atoms with Crippen molar-refractivity contribution >= 4 is 17.4 Å². The third kappa shape index (κ3) is 2.38. The maximum absolute atomic E-state index is 11.4. The number of carbonyl (C=O) groups is 1. The van der Waals surface area contributed by atoms with Crippen molar-refractivity contribution in [2.45, 2.75) is 20.8 Å². The number of pyridine rings is 1. The van der Waals surface area contributed by atoms with Gasteiger partial charge in [0.15, 0.2) is 0 Å². The highest BCUT2D eigenvalue weighted by molar-refractivity contribution is 5.89. The molecule has 3 rings (SSSR count). The number of aromatic carboxylic acids is 1. The van der Waals surface area contributed by atoms with Crippen LogP contribution < -0.4 is 0 Å². The summed E-state index contributed by atoms with van der Waals surface area (Å²) >= 11 is 0. The van der Waals surface area contributed by atoms with Crippen molar-refractivity contribution in [1.29, 1.82) is 0 Å². The number of carboxylic acid groups (broad SMARTS) is 1. The number of aryl methyl sites for hydroxylation is 3. The number of imidazole rings is 1. The van der Waals surface area contributed by atoms with Gasteiger partial charge in [-0.05, 0) is 49.2 Å². The fourth-order valence-electron chi connectivity index (χ4n) is 2.97. The van der Waals surface area contributed by atoms with E-state index in [9.17, 15) is 9.70 Å². The van der Waals surface area contributed by atoms with Gasteiger partial charge in [-0.2, -0.15) is 0 Å². The largest absolute Gasteiger partial charge is 0.478 e. The van der Waals surface area contributed by atoms with E-state index >= 15 is 0 Å². The van der Waals surface area contributed by atoms with Gasteiger partial charge in [-0.25, -0.2) is 9.78 Å². The topological polar surface area (TPSA) is 84.0 Å². The first-order chi connectivity index (χ1) is 10.9. The third-order valence-corrected chi connectivity index (χ3v) is 3.85. The van der Waals surface area contributed by atoms with Crippen LogP contribution in [-0.2, 0) is 0 Å². The Morgan fingerprint density at radius 1 is 1.17 bits per heavy atom. The SMILES string of the molecule is Cc1cc(C)c(-c2nc3cc(C(=O)O)ccn3c2N=O)c(C)c1. The second-order valence-electron chi connectivity index (χ2n) is 5.60. The molecule has 1 N–H and O–H groups in total. The first kappa shape index (κ1) is 14.9. The Hall–Kier alpha value is -3.02. The van der Waals surface area contributed by atoms with E-state index in [0.29, 0.717) is 11.3 Å². The summed E-state index contributed by atoms with van der Waals surface area (Å²) in [5, 5.41) is 12.2. The summed E-state index contributed by atoms with van der Waals surface area (Å²) in [6.45, 7) is 5.92. The maximum atomic E-state index is 11.4. The number of rotatable bonds is 3. The number of carboxylic acids is 1. The molecule has 0 unspecified atom stereocenters. The molecule has 23 heavy (non-hydrogen) atoms. The van der Waals surface area contributed by atoms with Gasteiger partial charge in [0.25, 0.3) is 0 Å². The number of benzene rings is 1. The molecule has 0 saturated heterocycles. The van der Waals surface area contributed by atoms with Gasteiger partial charge in [0.1, 0.15) is 11.3 Å². The lowest BCUT2D eigenvalue weighted by molar-refractivity contribution is 0.0697. The average Bonchev–Trinajstić information content (AvgIpc) is 2.83. The zero-order valence-corrected chi connectivity index (χ0v) is 13.0. The molecule has 0 aliphatic rings. The summed E-state index contributed by atoms with van der Waals surface area (Å²) in [7, 11) is 0. The minimum atomic E-state index is -1.04. The Kier molecular flexibility index (Phi) is 3.44. The molecule has 116 valence electrons. The number of hydrogen-bond donors (Lipinski definition) is 1. The second-order valence-corrected chi connectivity index (χ2v) is 5.60. The van der Waals surface area contributed by atoms with Crippen molar-refractivity contribution in [2.24, 2.45) is 5.18 Å². The predicted octanol–water partition coefficient (Wildman–Crippen LogP) is 4.02. The molecule has 2 heterocycles. The maximum Gasteiger partial charge on any atom is 0.335 e. The van der Waals surface area contributed by atoms with Crippen LogP contribution in [0.15, 0.2) is 35.6 Å². The molecule has 0 saturated carbocycles. The smallest absolute Gasteiger partial charge is 0.335 e. The fraction of sp³-hybridized carbons (Fsp3) is 0.176. The van der Waals surface area contributed by atoms with Gasteiger partial charge in [0.05, 0.1) is 5.56 Å². The number of hydrogen-bond acceptors (Lipinski definition) is 4. The standard InChI is InChI=1S/C17H15N3O3/c1-9-6-10(2)14(11(3)7-9)15-16(19-23)20-5-4-12(17(21)22)8-13(20)18-15/h4-8H,1-3H3,(H,21,22). The number of aromatic nitrogens is 2. The van der Waals surface area contributed by atoms with Crippen molar-refractivity contribution in [3.63, 3.8) is 0 Å². The second kappa shape index (κ2) is 5.31. The molecule has 0 aliphatic heterocycles. The van der Waals surface area contributed by atoms with Gasteiger partial charge in [0, 0.05) is 11.8 Å². The highest BCUT2D eigenvalue weighted by Crippen LogP contribution is 2.35. The van der Waals surface area contributed by atoms with E-state index in [4.69, 9.17) is 5.11 Å². The molecular weight excluding hydrogens is 294 g/mol.